The van der Waals surface area contributed by atoms with E-state index in [1.165, 1.54) is 33.3 Å². The number of aromatic nitrogens is 2. The van der Waals surface area contributed by atoms with Gasteiger partial charge >= 0.3 is 0 Å². The van der Waals surface area contributed by atoms with Crippen molar-refractivity contribution in [3.63, 3.8) is 0 Å². The number of rotatable bonds is 6. The van der Waals surface area contributed by atoms with Crippen LogP contribution in [0, 0.1) is 6.92 Å². The SMILES string of the molecule is Cc1cc(-c2[nH]c3ccc(C4CCN(C(=O)CCN(C)C)CC4)cc3c2C(C)C)ccn1. The third-order valence-electron chi connectivity index (χ3n) is 6.72. The van der Waals surface area contributed by atoms with E-state index >= 15 is 0 Å². The molecule has 32 heavy (non-hydrogen) atoms. The number of piperidine rings is 1. The molecule has 0 radical (unpaired) electrons. The molecule has 5 heteroatoms. The van der Waals surface area contributed by atoms with Gasteiger partial charge < -0.3 is 14.8 Å². The van der Waals surface area contributed by atoms with E-state index in [0.29, 0.717) is 18.3 Å². The normalized spacial score (nSPS) is 15.3. The van der Waals surface area contributed by atoms with Gasteiger partial charge in [0.25, 0.3) is 0 Å². The van der Waals surface area contributed by atoms with E-state index in [0.717, 1.165) is 38.2 Å². The second kappa shape index (κ2) is 9.45. The molecule has 1 aliphatic heterocycles. The molecule has 1 aliphatic rings. The molecule has 4 rings (SSSR count). The predicted molar refractivity (Wildman–Crippen MR) is 132 cm³/mol. The fourth-order valence-corrected chi connectivity index (χ4v) is 4.95. The van der Waals surface area contributed by atoms with E-state index in [1.54, 1.807) is 0 Å². The first-order chi connectivity index (χ1) is 15.3. The molecule has 170 valence electrons. The molecule has 1 amide bonds. The second-order valence-corrected chi connectivity index (χ2v) is 9.77. The van der Waals surface area contributed by atoms with Gasteiger partial charge in [-0.2, -0.15) is 0 Å². The van der Waals surface area contributed by atoms with Crippen molar-refractivity contribution >= 4 is 16.8 Å². The number of nitrogens with one attached hydrogen (secondary N) is 1. The van der Waals surface area contributed by atoms with Crippen molar-refractivity contribution < 1.29 is 4.79 Å². The fourth-order valence-electron chi connectivity index (χ4n) is 4.95. The fraction of sp³-hybridized carbons (Fsp3) is 0.481. The number of hydrogen-bond donors (Lipinski definition) is 1. The molecule has 0 atom stereocenters. The van der Waals surface area contributed by atoms with Crippen LogP contribution in [0.1, 0.15) is 61.8 Å². The van der Waals surface area contributed by atoms with Crippen LogP contribution >= 0.6 is 0 Å². The molecule has 0 saturated carbocycles. The molecule has 3 aromatic rings. The van der Waals surface area contributed by atoms with Crippen LogP contribution < -0.4 is 0 Å². The minimum atomic E-state index is 0.289. The largest absolute Gasteiger partial charge is 0.354 e. The standard InChI is InChI=1S/C27H36N4O/c1-18(2)26-23-17-21(20-9-14-31(15-10-20)25(32)11-13-30(4)5)6-7-24(23)29-27(26)22-8-12-28-19(3)16-22/h6-8,12,16-18,20,29H,9-11,13-15H2,1-5H3. The van der Waals surface area contributed by atoms with Crippen molar-refractivity contribution in [2.45, 2.75) is 51.9 Å². The average molecular weight is 433 g/mol. The van der Waals surface area contributed by atoms with Crippen LogP contribution in [0.5, 0.6) is 0 Å². The Hall–Kier alpha value is -2.66. The number of likely N-dealkylation sites (tertiary alicyclic amines) is 1. The molecule has 0 unspecified atom stereocenters. The highest BCUT2D eigenvalue weighted by Gasteiger charge is 2.25. The molecular weight excluding hydrogens is 396 g/mol. The topological polar surface area (TPSA) is 52.2 Å². The molecule has 0 aliphatic carbocycles. The summed E-state index contributed by atoms with van der Waals surface area (Å²) in [6, 6.07) is 11.2. The van der Waals surface area contributed by atoms with Crippen molar-refractivity contribution in [3.05, 3.63) is 53.3 Å². The molecule has 1 fully saturated rings. The quantitative estimate of drug-likeness (QED) is 0.574. The zero-order valence-corrected chi connectivity index (χ0v) is 20.1. The molecular formula is C27H36N4O. The zero-order chi connectivity index (χ0) is 22.8. The van der Waals surface area contributed by atoms with Crippen LogP contribution in [-0.2, 0) is 4.79 Å². The number of carbonyl (C=O) groups is 1. The van der Waals surface area contributed by atoms with Crippen LogP contribution in [0.4, 0.5) is 0 Å². The molecule has 1 saturated heterocycles. The number of aryl methyl sites for hydroxylation is 1. The number of benzene rings is 1. The van der Waals surface area contributed by atoms with Crippen LogP contribution in [-0.4, -0.2) is 59.4 Å². The predicted octanol–water partition coefficient (Wildman–Crippen LogP) is 5.32. The number of pyridine rings is 1. The number of fused-ring (bicyclic) bond motifs is 1. The van der Waals surface area contributed by atoms with E-state index in [9.17, 15) is 4.79 Å². The smallest absolute Gasteiger partial charge is 0.223 e. The van der Waals surface area contributed by atoms with Crippen molar-refractivity contribution in [2.24, 2.45) is 0 Å². The number of carbonyl (C=O) groups excluding carboxylic acids is 1. The molecule has 3 heterocycles. The Bertz CT molecular complexity index is 1090. The van der Waals surface area contributed by atoms with Gasteiger partial charge in [-0.3, -0.25) is 9.78 Å². The summed E-state index contributed by atoms with van der Waals surface area (Å²) in [5, 5.41) is 1.33. The number of nitrogens with zero attached hydrogens (tertiary/aromatic N) is 3. The third kappa shape index (κ3) is 4.73. The molecule has 0 spiro atoms. The van der Waals surface area contributed by atoms with Crippen molar-refractivity contribution in [3.8, 4) is 11.3 Å². The monoisotopic (exact) mass is 432 g/mol. The van der Waals surface area contributed by atoms with Crippen molar-refractivity contribution in [1.82, 2.24) is 19.8 Å². The minimum absolute atomic E-state index is 0.289. The van der Waals surface area contributed by atoms with Gasteiger partial charge in [0.05, 0.1) is 5.69 Å². The highest BCUT2D eigenvalue weighted by molar-refractivity contribution is 5.92. The summed E-state index contributed by atoms with van der Waals surface area (Å²) in [5.41, 5.74) is 7.41. The summed E-state index contributed by atoms with van der Waals surface area (Å²) in [7, 11) is 4.03. The highest BCUT2D eigenvalue weighted by Crippen LogP contribution is 2.38. The average Bonchev–Trinajstić information content (AvgIpc) is 3.16. The number of hydrogen-bond acceptors (Lipinski definition) is 3. The van der Waals surface area contributed by atoms with E-state index in [1.807, 2.05) is 27.2 Å². The Morgan fingerprint density at radius 2 is 1.94 bits per heavy atom. The summed E-state index contributed by atoms with van der Waals surface area (Å²) >= 11 is 0. The van der Waals surface area contributed by atoms with E-state index in [-0.39, 0.29) is 5.91 Å². The van der Waals surface area contributed by atoms with Gasteiger partial charge in [0, 0.05) is 54.4 Å². The maximum Gasteiger partial charge on any atom is 0.223 e. The lowest BCUT2D eigenvalue weighted by molar-refractivity contribution is -0.132. The maximum absolute atomic E-state index is 12.5. The van der Waals surface area contributed by atoms with E-state index in [4.69, 9.17) is 0 Å². The lowest BCUT2D eigenvalue weighted by atomic mass is 9.87. The van der Waals surface area contributed by atoms with Crippen LogP contribution in [0.2, 0.25) is 0 Å². The van der Waals surface area contributed by atoms with Gasteiger partial charge in [-0.15, -0.1) is 0 Å². The summed E-state index contributed by atoms with van der Waals surface area (Å²) in [6.45, 7) is 9.12. The Labute approximate surface area is 191 Å². The Morgan fingerprint density at radius 1 is 1.19 bits per heavy atom. The van der Waals surface area contributed by atoms with Gasteiger partial charge in [0.2, 0.25) is 5.91 Å². The summed E-state index contributed by atoms with van der Waals surface area (Å²) in [6.07, 6.45) is 4.58. The highest BCUT2D eigenvalue weighted by atomic mass is 16.2. The number of H-pyrrole nitrogens is 1. The van der Waals surface area contributed by atoms with E-state index < -0.39 is 0 Å². The molecule has 2 aromatic heterocycles. The van der Waals surface area contributed by atoms with Gasteiger partial charge in [0.15, 0.2) is 0 Å². The maximum atomic E-state index is 12.5. The summed E-state index contributed by atoms with van der Waals surface area (Å²) < 4.78 is 0. The van der Waals surface area contributed by atoms with Gasteiger partial charge in [-0.05, 0) is 81.1 Å². The van der Waals surface area contributed by atoms with Crippen LogP contribution in [0.3, 0.4) is 0 Å². The lowest BCUT2D eigenvalue weighted by Gasteiger charge is -2.32. The van der Waals surface area contributed by atoms with Crippen LogP contribution in [0.25, 0.3) is 22.2 Å². The Kier molecular flexibility index (Phi) is 6.66. The first kappa shape index (κ1) is 22.5. The first-order valence-corrected chi connectivity index (χ1v) is 11.8. The van der Waals surface area contributed by atoms with Gasteiger partial charge in [-0.25, -0.2) is 0 Å². The molecule has 1 aromatic carbocycles. The lowest BCUT2D eigenvalue weighted by Crippen LogP contribution is -2.39. The van der Waals surface area contributed by atoms with Gasteiger partial charge in [-0.1, -0.05) is 19.9 Å². The Morgan fingerprint density at radius 3 is 2.59 bits per heavy atom. The number of amides is 1. The second-order valence-electron chi connectivity index (χ2n) is 9.77. The third-order valence-corrected chi connectivity index (χ3v) is 6.72. The number of aromatic amines is 1. The van der Waals surface area contributed by atoms with E-state index in [2.05, 4.69) is 63.9 Å². The zero-order valence-electron chi connectivity index (χ0n) is 20.1. The van der Waals surface area contributed by atoms with Crippen LogP contribution in [0.15, 0.2) is 36.5 Å². The van der Waals surface area contributed by atoms with Crippen molar-refractivity contribution in [2.75, 3.05) is 33.7 Å². The molecule has 0 bridgehead atoms. The minimum Gasteiger partial charge on any atom is -0.354 e. The van der Waals surface area contributed by atoms with Crippen molar-refractivity contribution in [1.29, 1.82) is 0 Å². The van der Waals surface area contributed by atoms with Gasteiger partial charge in [0.1, 0.15) is 0 Å². The summed E-state index contributed by atoms with van der Waals surface area (Å²) in [5.74, 6) is 1.22. The molecule has 1 N–H and O–H groups in total. The first-order valence-electron chi connectivity index (χ1n) is 11.8. The molecule has 5 nitrogen and oxygen atoms in total. The summed E-state index contributed by atoms with van der Waals surface area (Å²) in [4.78, 5) is 24.7. The Balaban J connectivity index is 1.56.